The van der Waals surface area contributed by atoms with Crippen LogP contribution >= 0.6 is 0 Å². The van der Waals surface area contributed by atoms with Crippen molar-refractivity contribution in [2.45, 2.75) is 31.5 Å². The molecule has 1 saturated carbocycles. The molecule has 1 aromatic heterocycles. The van der Waals surface area contributed by atoms with Crippen LogP contribution < -0.4 is 15.8 Å². The Bertz CT molecular complexity index is 371. The second-order valence-corrected chi connectivity index (χ2v) is 4.13. The number of anilines is 1. The van der Waals surface area contributed by atoms with Gasteiger partial charge in [-0.1, -0.05) is 6.07 Å². The van der Waals surface area contributed by atoms with Crippen LogP contribution in [0.3, 0.4) is 0 Å². The number of nitrogens with one attached hydrogen (secondary N) is 1. The number of nitrogens with two attached hydrogens (primary N) is 1. The highest BCUT2D eigenvalue weighted by molar-refractivity contribution is 5.40. The SMILES string of the molecule is CCOC1CC(N)C1Nc1cccc(OC)n1. The van der Waals surface area contributed by atoms with Crippen molar-refractivity contribution >= 4 is 5.82 Å². The second kappa shape index (κ2) is 5.33. The summed E-state index contributed by atoms with van der Waals surface area (Å²) in [6.45, 7) is 2.70. The van der Waals surface area contributed by atoms with Crippen LogP contribution in [0.5, 0.6) is 5.88 Å². The van der Waals surface area contributed by atoms with Gasteiger partial charge in [0.05, 0.1) is 19.3 Å². The highest BCUT2D eigenvalue weighted by Gasteiger charge is 2.39. The number of hydrogen-bond donors (Lipinski definition) is 2. The smallest absolute Gasteiger partial charge is 0.214 e. The fourth-order valence-electron chi connectivity index (χ4n) is 2.01. The average molecular weight is 237 g/mol. The Morgan fingerprint density at radius 2 is 2.35 bits per heavy atom. The fourth-order valence-corrected chi connectivity index (χ4v) is 2.01. The van der Waals surface area contributed by atoms with E-state index in [1.165, 1.54) is 0 Å². The lowest BCUT2D eigenvalue weighted by atomic mass is 9.83. The number of nitrogens with zero attached hydrogens (tertiary/aromatic N) is 1. The van der Waals surface area contributed by atoms with Crippen molar-refractivity contribution in [2.24, 2.45) is 5.73 Å². The van der Waals surface area contributed by atoms with Crippen LogP contribution in [0.4, 0.5) is 5.82 Å². The molecule has 2 rings (SSSR count). The summed E-state index contributed by atoms with van der Waals surface area (Å²) in [6.07, 6.45) is 1.08. The molecule has 5 heteroatoms. The first-order valence-electron chi connectivity index (χ1n) is 5.89. The van der Waals surface area contributed by atoms with Crippen LogP contribution in [0.2, 0.25) is 0 Å². The zero-order valence-electron chi connectivity index (χ0n) is 10.2. The van der Waals surface area contributed by atoms with Crippen molar-refractivity contribution in [1.82, 2.24) is 4.98 Å². The third-order valence-corrected chi connectivity index (χ3v) is 2.99. The molecular weight excluding hydrogens is 218 g/mol. The number of hydrogen-bond acceptors (Lipinski definition) is 5. The van der Waals surface area contributed by atoms with Crippen LogP contribution in [0.15, 0.2) is 18.2 Å². The molecule has 0 bridgehead atoms. The number of pyridine rings is 1. The first-order valence-corrected chi connectivity index (χ1v) is 5.89. The van der Waals surface area contributed by atoms with E-state index in [-0.39, 0.29) is 18.2 Å². The summed E-state index contributed by atoms with van der Waals surface area (Å²) in [4.78, 5) is 4.30. The molecule has 1 heterocycles. The van der Waals surface area contributed by atoms with Gasteiger partial charge in [-0.25, -0.2) is 0 Å². The summed E-state index contributed by atoms with van der Waals surface area (Å²) in [5, 5.41) is 3.30. The normalized spacial score (nSPS) is 27.4. The minimum Gasteiger partial charge on any atom is -0.481 e. The van der Waals surface area contributed by atoms with Crippen LogP contribution in [0.1, 0.15) is 13.3 Å². The molecule has 3 unspecified atom stereocenters. The van der Waals surface area contributed by atoms with Crippen LogP contribution in [0.25, 0.3) is 0 Å². The van der Waals surface area contributed by atoms with Gasteiger partial charge in [-0.3, -0.25) is 0 Å². The third kappa shape index (κ3) is 2.68. The Morgan fingerprint density at radius 3 is 3.00 bits per heavy atom. The summed E-state index contributed by atoms with van der Waals surface area (Å²) in [5.41, 5.74) is 5.96. The third-order valence-electron chi connectivity index (χ3n) is 2.99. The van der Waals surface area contributed by atoms with Crippen LogP contribution in [-0.4, -0.2) is 36.9 Å². The van der Waals surface area contributed by atoms with E-state index in [0.717, 1.165) is 12.2 Å². The molecule has 5 nitrogen and oxygen atoms in total. The molecule has 0 aliphatic heterocycles. The lowest BCUT2D eigenvalue weighted by molar-refractivity contribution is -0.0127. The second-order valence-electron chi connectivity index (χ2n) is 4.13. The highest BCUT2D eigenvalue weighted by Crippen LogP contribution is 2.26. The van der Waals surface area contributed by atoms with E-state index in [1.54, 1.807) is 7.11 Å². The van der Waals surface area contributed by atoms with Crippen molar-refractivity contribution in [1.29, 1.82) is 0 Å². The van der Waals surface area contributed by atoms with E-state index in [2.05, 4.69) is 10.3 Å². The van der Waals surface area contributed by atoms with Gasteiger partial charge in [0.25, 0.3) is 0 Å². The number of rotatable bonds is 5. The maximum atomic E-state index is 5.96. The molecule has 3 N–H and O–H groups in total. The molecule has 3 atom stereocenters. The topological polar surface area (TPSA) is 69.4 Å². The molecule has 94 valence electrons. The number of methoxy groups -OCH3 is 1. The van der Waals surface area contributed by atoms with E-state index in [9.17, 15) is 0 Å². The van der Waals surface area contributed by atoms with E-state index < -0.39 is 0 Å². The lowest BCUT2D eigenvalue weighted by Crippen LogP contribution is -2.60. The molecule has 1 aliphatic rings. The Balaban J connectivity index is 1.99. The Hall–Kier alpha value is -1.33. The summed E-state index contributed by atoms with van der Waals surface area (Å²) in [5.74, 6) is 1.37. The Labute approximate surface area is 101 Å². The monoisotopic (exact) mass is 237 g/mol. The van der Waals surface area contributed by atoms with Crippen molar-refractivity contribution in [3.63, 3.8) is 0 Å². The predicted molar refractivity (Wildman–Crippen MR) is 66.2 cm³/mol. The van der Waals surface area contributed by atoms with Gasteiger partial charge in [0, 0.05) is 18.7 Å². The number of aromatic nitrogens is 1. The van der Waals surface area contributed by atoms with Gasteiger partial charge in [0.2, 0.25) is 5.88 Å². The minimum absolute atomic E-state index is 0.125. The molecule has 1 fully saturated rings. The Kier molecular flexibility index (Phi) is 3.81. The first kappa shape index (κ1) is 12.1. The molecule has 0 amide bonds. The zero-order valence-corrected chi connectivity index (χ0v) is 10.2. The standard InChI is InChI=1S/C12H19N3O2/c1-3-17-9-7-8(13)12(9)15-10-5-4-6-11(14-10)16-2/h4-6,8-9,12H,3,7,13H2,1-2H3,(H,14,15). The van der Waals surface area contributed by atoms with E-state index in [4.69, 9.17) is 15.2 Å². The maximum absolute atomic E-state index is 5.96. The van der Waals surface area contributed by atoms with E-state index in [0.29, 0.717) is 12.5 Å². The van der Waals surface area contributed by atoms with Crippen molar-refractivity contribution in [3.8, 4) is 5.88 Å². The van der Waals surface area contributed by atoms with Gasteiger partial charge in [-0.15, -0.1) is 0 Å². The van der Waals surface area contributed by atoms with Gasteiger partial charge in [-0.05, 0) is 19.4 Å². The average Bonchev–Trinajstić information content (AvgIpc) is 2.36. The molecule has 0 saturated heterocycles. The molecular formula is C12H19N3O2. The summed E-state index contributed by atoms with van der Waals surface area (Å²) >= 11 is 0. The van der Waals surface area contributed by atoms with Crippen LogP contribution in [-0.2, 0) is 4.74 Å². The highest BCUT2D eigenvalue weighted by atomic mass is 16.5. The van der Waals surface area contributed by atoms with Gasteiger partial charge in [-0.2, -0.15) is 4.98 Å². The van der Waals surface area contributed by atoms with Gasteiger partial charge in [0.15, 0.2) is 0 Å². The number of ether oxygens (including phenoxy) is 2. The molecule has 1 aromatic rings. The Morgan fingerprint density at radius 1 is 1.53 bits per heavy atom. The van der Waals surface area contributed by atoms with Crippen molar-refractivity contribution in [3.05, 3.63) is 18.2 Å². The van der Waals surface area contributed by atoms with E-state index in [1.807, 2.05) is 25.1 Å². The molecule has 0 aromatic carbocycles. The quantitative estimate of drug-likeness (QED) is 0.799. The maximum Gasteiger partial charge on any atom is 0.214 e. The fraction of sp³-hybridized carbons (Fsp3) is 0.583. The summed E-state index contributed by atoms with van der Waals surface area (Å²) in [7, 11) is 1.60. The van der Waals surface area contributed by atoms with Crippen LogP contribution in [0, 0.1) is 0 Å². The molecule has 0 spiro atoms. The largest absolute Gasteiger partial charge is 0.481 e. The summed E-state index contributed by atoms with van der Waals surface area (Å²) < 4.78 is 10.7. The first-order chi connectivity index (χ1) is 8.24. The minimum atomic E-state index is 0.125. The van der Waals surface area contributed by atoms with Gasteiger partial charge in [0.1, 0.15) is 5.82 Å². The zero-order chi connectivity index (χ0) is 12.3. The summed E-state index contributed by atoms with van der Waals surface area (Å²) in [6, 6.07) is 5.87. The predicted octanol–water partition coefficient (Wildman–Crippen LogP) is 1.01. The molecule has 17 heavy (non-hydrogen) atoms. The lowest BCUT2D eigenvalue weighted by Gasteiger charge is -2.42. The van der Waals surface area contributed by atoms with E-state index >= 15 is 0 Å². The molecule has 1 aliphatic carbocycles. The van der Waals surface area contributed by atoms with Crippen molar-refractivity contribution in [2.75, 3.05) is 19.0 Å². The molecule has 0 radical (unpaired) electrons. The van der Waals surface area contributed by atoms with Gasteiger partial charge < -0.3 is 20.5 Å². The van der Waals surface area contributed by atoms with Crippen molar-refractivity contribution < 1.29 is 9.47 Å². The van der Waals surface area contributed by atoms with Gasteiger partial charge >= 0.3 is 0 Å².